The Kier molecular flexibility index (Phi) is 3.81. The Labute approximate surface area is 191 Å². The van der Waals surface area contributed by atoms with Crippen molar-refractivity contribution in [1.29, 1.82) is 0 Å². The lowest BCUT2D eigenvalue weighted by Crippen LogP contribution is -2.29. The Morgan fingerprint density at radius 2 is 1.97 bits per heavy atom. The molecule has 2 aromatic heterocycles. The molecular weight excluding hydrogens is 425 g/mol. The number of imidazole rings is 1. The third-order valence-corrected chi connectivity index (χ3v) is 5.04. The molecule has 1 aliphatic heterocycles. The van der Waals surface area contributed by atoms with Crippen LogP contribution in [0.4, 0.5) is 30.8 Å². The number of aromatic nitrogens is 4. The van der Waals surface area contributed by atoms with Crippen LogP contribution in [0.5, 0.6) is 0 Å². The Morgan fingerprint density at radius 1 is 1.16 bits per heavy atom. The molecule has 1 aliphatic carbocycles. The van der Waals surface area contributed by atoms with E-state index in [1.54, 1.807) is 0 Å². The van der Waals surface area contributed by atoms with Gasteiger partial charge < -0.3 is 20.5 Å². The molecule has 3 heterocycles. The molecule has 1 aromatic carbocycles. The molecular formula is C21H23F3N6O2. The summed E-state index contributed by atoms with van der Waals surface area (Å²) in [5.74, 6) is -3.98. The number of nitrogens with zero attached hydrogens (tertiary/aromatic N) is 4. The van der Waals surface area contributed by atoms with Crippen LogP contribution < -0.4 is 10.6 Å². The molecule has 5 rings (SSSR count). The van der Waals surface area contributed by atoms with Gasteiger partial charge in [0, 0.05) is 33.0 Å². The van der Waals surface area contributed by atoms with Crippen LogP contribution in [0.25, 0.3) is 11.2 Å². The van der Waals surface area contributed by atoms with Gasteiger partial charge in [0.2, 0.25) is 11.9 Å². The molecule has 170 valence electrons. The number of aliphatic hydroxyl groups excluding tert-OH is 1. The maximum absolute atomic E-state index is 14.4. The summed E-state index contributed by atoms with van der Waals surface area (Å²) in [6.45, 7) is 0.548. The van der Waals surface area contributed by atoms with Crippen molar-refractivity contribution in [2.24, 2.45) is 0 Å². The molecule has 1 saturated heterocycles. The number of aliphatic hydroxyl groups is 1. The van der Waals surface area contributed by atoms with Gasteiger partial charge in [-0.25, -0.2) is 23.1 Å². The predicted molar refractivity (Wildman–Crippen MR) is 111 cm³/mol. The smallest absolute Gasteiger partial charge is 0.224 e. The first-order valence-corrected chi connectivity index (χ1v) is 9.78. The number of halogens is 3. The Morgan fingerprint density at radius 3 is 2.72 bits per heavy atom. The lowest BCUT2D eigenvalue weighted by molar-refractivity contribution is 0.126. The summed E-state index contributed by atoms with van der Waals surface area (Å²) in [5, 5.41) is 15.1. The number of nitrogens with one attached hydrogen (secondary N) is 2. The van der Waals surface area contributed by atoms with Gasteiger partial charge in [0.05, 0.1) is 26.3 Å². The van der Waals surface area contributed by atoms with Crippen LogP contribution in [-0.2, 0) is 4.74 Å². The Bertz CT molecular complexity index is 1420. The second-order valence-electron chi connectivity index (χ2n) is 7.25. The van der Waals surface area contributed by atoms with Crippen LogP contribution in [-0.4, -0.2) is 50.0 Å². The van der Waals surface area contributed by atoms with Crippen LogP contribution in [0.15, 0.2) is 18.3 Å². The van der Waals surface area contributed by atoms with E-state index in [4.69, 9.17) is 14.3 Å². The number of hydrogen-bond acceptors (Lipinski definition) is 7. The molecule has 0 radical (unpaired) electrons. The molecule has 2 aliphatic rings. The van der Waals surface area contributed by atoms with Crippen LogP contribution >= 0.6 is 0 Å². The molecule has 3 aromatic rings. The molecule has 3 atom stereocenters. The van der Waals surface area contributed by atoms with Crippen molar-refractivity contribution in [2.75, 3.05) is 23.8 Å². The molecule has 3 unspecified atom stereocenters. The fourth-order valence-electron chi connectivity index (χ4n) is 3.54. The maximum atomic E-state index is 14.4. The zero-order valence-electron chi connectivity index (χ0n) is 23.5. The maximum Gasteiger partial charge on any atom is 0.224 e. The third kappa shape index (κ3) is 4.09. The number of anilines is 3. The van der Waals surface area contributed by atoms with Crippen LogP contribution in [0, 0.1) is 17.5 Å². The molecule has 2 fully saturated rings. The fourth-order valence-corrected chi connectivity index (χ4v) is 3.54. The van der Waals surface area contributed by atoms with Crippen LogP contribution in [0.3, 0.4) is 0 Å². The van der Waals surface area contributed by atoms with Crippen molar-refractivity contribution in [2.45, 2.75) is 50.1 Å². The van der Waals surface area contributed by atoms with Gasteiger partial charge in [-0.3, -0.25) is 4.57 Å². The number of hydrogen-bond donors (Lipinski definition) is 3. The van der Waals surface area contributed by atoms with Crippen molar-refractivity contribution in [3.05, 3.63) is 35.8 Å². The molecule has 3 N–H and O–H groups in total. The highest BCUT2D eigenvalue weighted by Gasteiger charge is 2.27. The first kappa shape index (κ1) is 14.3. The monoisotopic (exact) mass is 455 g/mol. The number of rotatable bonds is 5. The normalized spacial score (nSPS) is 33.8. The van der Waals surface area contributed by atoms with Crippen molar-refractivity contribution in [1.82, 2.24) is 19.5 Å². The number of fused-ring (bicyclic) bond motifs is 1. The molecule has 11 heteroatoms. The summed E-state index contributed by atoms with van der Waals surface area (Å²) in [5.41, 5.74) is -0.453. The molecule has 8 nitrogen and oxygen atoms in total. The van der Waals surface area contributed by atoms with Gasteiger partial charge in [0.1, 0.15) is 17.0 Å². The molecule has 1 saturated carbocycles. The minimum Gasteiger partial charge on any atom is -0.393 e. The average Bonchev–Trinajstić information content (AvgIpc) is 3.46. The minimum absolute atomic E-state index is 0.0827. The topological polar surface area (TPSA) is 97.1 Å². The first-order valence-electron chi connectivity index (χ1n) is 13.3. The van der Waals surface area contributed by atoms with E-state index in [9.17, 15) is 18.3 Å². The number of benzene rings is 1. The highest BCUT2D eigenvalue weighted by atomic mass is 19.1. The largest absolute Gasteiger partial charge is 0.393 e. The van der Waals surface area contributed by atoms with Gasteiger partial charge in [-0.15, -0.1) is 0 Å². The lowest BCUT2D eigenvalue weighted by Gasteiger charge is -2.26. The van der Waals surface area contributed by atoms with Gasteiger partial charge in [0.25, 0.3) is 0 Å². The Hall–Kier alpha value is -2.92. The summed E-state index contributed by atoms with van der Waals surface area (Å²) < 4.78 is 106. The average molecular weight is 455 g/mol. The molecule has 0 amide bonds. The highest BCUT2D eigenvalue weighted by Crippen LogP contribution is 2.32. The quantitative estimate of drug-likeness (QED) is 0.540. The molecule has 0 bridgehead atoms. The van der Waals surface area contributed by atoms with E-state index in [1.165, 1.54) is 10.8 Å². The third-order valence-electron chi connectivity index (χ3n) is 5.04. The Balaban J connectivity index is 1.58. The van der Waals surface area contributed by atoms with Gasteiger partial charge in [0.15, 0.2) is 17.3 Å². The summed E-state index contributed by atoms with van der Waals surface area (Å²) in [7, 11) is 0. The van der Waals surface area contributed by atoms with E-state index >= 15 is 0 Å². The second kappa shape index (κ2) is 8.55. The van der Waals surface area contributed by atoms with Gasteiger partial charge in [-0.2, -0.15) is 4.98 Å². The highest BCUT2D eigenvalue weighted by molar-refractivity contribution is 5.76. The van der Waals surface area contributed by atoms with Crippen molar-refractivity contribution in [3.63, 3.8) is 0 Å². The van der Waals surface area contributed by atoms with E-state index in [2.05, 4.69) is 25.6 Å². The fraction of sp³-hybridized carbons (Fsp3) is 0.476. The summed E-state index contributed by atoms with van der Waals surface area (Å²) >= 11 is 0. The SMILES string of the molecule is [2H]C1([2H])CC([2H])(Nc2ncc3nc(Nc4c(F)cc(F)cc4F)n(C4CCOC4)c3n2)C([2H])([2H])C([2H])([2H])C1O. The number of ether oxygens (including phenoxy) is 1. The molecule has 0 spiro atoms. The standard InChI is InChI=1S/C21H23F3N6O2/c22-11-7-15(23)18(16(24)8-11)28-21-27-17-9-25-20(26-12-1-3-14(31)4-2-12)29-19(17)30(21)13-5-6-32-10-13/h7-9,12-14,31H,1-6,10H2,(H,27,28)(H,25,26,29)/i1D2,3D2,4D2,12D. The van der Waals surface area contributed by atoms with Crippen molar-refractivity contribution >= 4 is 28.7 Å². The van der Waals surface area contributed by atoms with E-state index in [0.29, 0.717) is 25.2 Å². The zero-order chi connectivity index (χ0) is 28.5. The van der Waals surface area contributed by atoms with Crippen molar-refractivity contribution in [3.8, 4) is 0 Å². The zero-order valence-corrected chi connectivity index (χ0v) is 16.5. The van der Waals surface area contributed by atoms with Gasteiger partial charge in [-0.05, 0) is 32.0 Å². The van der Waals surface area contributed by atoms with Crippen LogP contribution in [0.1, 0.15) is 47.6 Å². The van der Waals surface area contributed by atoms with E-state index in [0.717, 1.165) is 0 Å². The summed E-state index contributed by atoms with van der Waals surface area (Å²) in [4.78, 5) is 12.6. The van der Waals surface area contributed by atoms with E-state index in [1.807, 2.05) is 0 Å². The van der Waals surface area contributed by atoms with Crippen molar-refractivity contribution < 1.29 is 32.6 Å². The summed E-state index contributed by atoms with van der Waals surface area (Å²) in [6, 6.07) is -2.08. The first-order chi connectivity index (χ1) is 18.1. The summed E-state index contributed by atoms with van der Waals surface area (Å²) in [6.07, 6.45) is -10.6. The predicted octanol–water partition coefficient (Wildman–Crippen LogP) is 3.66. The minimum atomic E-state index is -3.16. The van der Waals surface area contributed by atoms with E-state index in [-0.39, 0.29) is 29.7 Å². The van der Waals surface area contributed by atoms with E-state index < -0.39 is 66.8 Å². The van der Waals surface area contributed by atoms with Crippen LogP contribution in [0.2, 0.25) is 0 Å². The molecule has 32 heavy (non-hydrogen) atoms. The lowest BCUT2D eigenvalue weighted by atomic mass is 9.93. The van der Waals surface area contributed by atoms with Gasteiger partial charge in [-0.1, -0.05) is 0 Å². The van der Waals surface area contributed by atoms with Gasteiger partial charge >= 0.3 is 0 Å². The second-order valence-corrected chi connectivity index (χ2v) is 7.25.